The lowest BCUT2D eigenvalue weighted by atomic mass is 9.96. The number of carbonyl (C=O) groups is 2. The van der Waals surface area contributed by atoms with Crippen LogP contribution in [0.15, 0.2) is 36.4 Å². The Kier molecular flexibility index (Phi) is 9.60. The van der Waals surface area contributed by atoms with Gasteiger partial charge >= 0.3 is 12.4 Å². The van der Waals surface area contributed by atoms with E-state index in [9.17, 15) is 35.9 Å². The number of rotatable bonds is 7. The van der Waals surface area contributed by atoms with E-state index in [0.717, 1.165) is 18.2 Å². The van der Waals surface area contributed by atoms with Gasteiger partial charge in [-0.1, -0.05) is 59.1 Å². The molecule has 0 heterocycles. The number of allylic oxidation sites excluding steroid dienone is 1. The van der Waals surface area contributed by atoms with Crippen molar-refractivity contribution in [3.05, 3.63) is 73.7 Å². The summed E-state index contributed by atoms with van der Waals surface area (Å²) in [5.41, 5.74) is -1.13. The van der Waals surface area contributed by atoms with Gasteiger partial charge in [0.05, 0.1) is 21.0 Å². The molecule has 37 heavy (non-hydrogen) atoms. The van der Waals surface area contributed by atoms with Crippen LogP contribution in [0.1, 0.15) is 46.8 Å². The number of hydrogen-bond donors (Lipinski definition) is 2. The van der Waals surface area contributed by atoms with Gasteiger partial charge in [0.2, 0.25) is 5.91 Å². The van der Waals surface area contributed by atoms with Gasteiger partial charge in [-0.3, -0.25) is 9.59 Å². The van der Waals surface area contributed by atoms with Gasteiger partial charge in [0.15, 0.2) is 0 Å². The molecule has 4 nitrogen and oxygen atoms in total. The first kappa shape index (κ1) is 30.8. The molecule has 1 unspecified atom stereocenters. The summed E-state index contributed by atoms with van der Waals surface area (Å²) in [6, 6.07) is 6.29. The Balaban J connectivity index is 2.24. The lowest BCUT2D eigenvalue weighted by molar-refractivity contribution is -0.141. The zero-order chi connectivity index (χ0) is 28.3. The number of hydrogen-bond acceptors (Lipinski definition) is 2. The van der Waals surface area contributed by atoms with Gasteiger partial charge < -0.3 is 10.6 Å². The first-order valence-corrected chi connectivity index (χ1v) is 11.6. The molecule has 0 saturated heterocycles. The topological polar surface area (TPSA) is 58.2 Å². The Labute approximate surface area is 224 Å². The lowest BCUT2D eigenvalue weighted by Gasteiger charge is -2.26. The Morgan fingerprint density at radius 2 is 1.54 bits per heavy atom. The predicted molar refractivity (Wildman–Crippen MR) is 131 cm³/mol. The van der Waals surface area contributed by atoms with Crippen LogP contribution >= 0.6 is 34.8 Å². The van der Waals surface area contributed by atoms with Gasteiger partial charge in [-0.2, -0.15) is 26.3 Å². The average Bonchev–Trinajstić information content (AvgIpc) is 2.74. The molecule has 0 radical (unpaired) electrons. The molecule has 0 bridgehead atoms. The summed E-state index contributed by atoms with van der Waals surface area (Å²) in [6.45, 7) is 2.42. The van der Waals surface area contributed by atoms with Crippen LogP contribution in [0.5, 0.6) is 0 Å². The summed E-state index contributed by atoms with van der Waals surface area (Å²) < 4.78 is 78.3. The highest BCUT2D eigenvalue weighted by molar-refractivity contribution is 6.48. The molecular weight excluding hydrogens is 569 g/mol. The van der Waals surface area contributed by atoms with E-state index in [1.54, 1.807) is 5.32 Å². The van der Waals surface area contributed by atoms with E-state index in [4.69, 9.17) is 34.8 Å². The minimum absolute atomic E-state index is 0.0671. The third-order valence-electron chi connectivity index (χ3n) is 5.14. The van der Waals surface area contributed by atoms with Crippen LogP contribution in [0.2, 0.25) is 15.1 Å². The van der Waals surface area contributed by atoms with Crippen LogP contribution in [0.25, 0.3) is 6.08 Å². The zero-order valence-corrected chi connectivity index (χ0v) is 21.8. The van der Waals surface area contributed by atoms with Gasteiger partial charge in [0, 0.05) is 5.56 Å². The van der Waals surface area contributed by atoms with Crippen molar-refractivity contribution in [2.45, 2.75) is 44.6 Å². The molecule has 2 aromatic carbocycles. The first-order chi connectivity index (χ1) is 16.8. The van der Waals surface area contributed by atoms with Crippen LogP contribution in [0.4, 0.5) is 26.3 Å². The van der Waals surface area contributed by atoms with E-state index < -0.39 is 42.2 Å². The molecular formula is C24H21Cl3F6N2O2. The van der Waals surface area contributed by atoms with Crippen molar-refractivity contribution in [2.75, 3.05) is 6.54 Å². The maximum absolute atomic E-state index is 13.7. The third kappa shape index (κ3) is 8.55. The van der Waals surface area contributed by atoms with Crippen LogP contribution < -0.4 is 10.6 Å². The van der Waals surface area contributed by atoms with E-state index in [1.807, 2.05) is 0 Å². The van der Waals surface area contributed by atoms with E-state index >= 15 is 0 Å². The van der Waals surface area contributed by atoms with Crippen molar-refractivity contribution < 1.29 is 35.9 Å². The monoisotopic (exact) mass is 588 g/mol. The SMILES string of the molecule is Cc1cc(/C=C/C(c2cc(Cl)c(Cl)c(Cl)c2)C(F)(F)F)ccc1C(=O)NC(C)(C)C(=O)NCC(F)(F)F. The fraction of sp³-hybridized carbons (Fsp3) is 0.333. The van der Waals surface area contributed by atoms with Crippen molar-refractivity contribution in [3.63, 3.8) is 0 Å². The van der Waals surface area contributed by atoms with Crippen molar-refractivity contribution in [2.24, 2.45) is 0 Å². The van der Waals surface area contributed by atoms with Crippen molar-refractivity contribution in [1.82, 2.24) is 10.6 Å². The third-order valence-corrected chi connectivity index (χ3v) is 6.33. The number of aryl methyl sites for hydroxylation is 1. The smallest absolute Gasteiger partial charge is 0.345 e. The quantitative estimate of drug-likeness (QED) is 0.260. The van der Waals surface area contributed by atoms with E-state index in [2.05, 4.69) is 5.32 Å². The van der Waals surface area contributed by atoms with Gasteiger partial charge in [-0.05, 0) is 55.7 Å². The molecule has 1 atom stereocenters. The van der Waals surface area contributed by atoms with Crippen molar-refractivity contribution in [3.8, 4) is 0 Å². The predicted octanol–water partition coefficient (Wildman–Crippen LogP) is 7.50. The van der Waals surface area contributed by atoms with Gasteiger partial charge in [-0.15, -0.1) is 0 Å². The molecule has 0 spiro atoms. The van der Waals surface area contributed by atoms with Crippen LogP contribution in [-0.2, 0) is 4.79 Å². The zero-order valence-electron chi connectivity index (χ0n) is 19.5. The normalized spacial score (nSPS) is 13.5. The molecule has 0 fully saturated rings. The maximum Gasteiger partial charge on any atom is 0.405 e. The number of alkyl halides is 6. The Hall–Kier alpha value is -2.43. The highest BCUT2D eigenvalue weighted by atomic mass is 35.5. The molecule has 0 aliphatic rings. The fourth-order valence-electron chi connectivity index (χ4n) is 3.23. The minimum atomic E-state index is -4.68. The number of amides is 2. The van der Waals surface area contributed by atoms with Crippen LogP contribution in [0.3, 0.4) is 0 Å². The van der Waals surface area contributed by atoms with Crippen LogP contribution in [-0.4, -0.2) is 36.3 Å². The number of benzene rings is 2. The standard InChI is InChI=1S/C24H21Cl3F6N2O2/c1-12-8-13(5-7-16(24(31,32)33)14-9-17(25)19(27)18(26)10-14)4-6-15(12)20(36)35-22(2,3)21(37)34-11-23(28,29)30/h4-10,16H,11H2,1-3H3,(H,34,37)(H,35,36)/b7-5+. The molecule has 2 N–H and O–H groups in total. The Bertz CT molecular complexity index is 1190. The summed E-state index contributed by atoms with van der Waals surface area (Å²) in [4.78, 5) is 24.7. The lowest BCUT2D eigenvalue weighted by Crippen LogP contribution is -2.56. The van der Waals surface area contributed by atoms with Gasteiger partial charge in [0.1, 0.15) is 12.1 Å². The molecule has 2 rings (SSSR count). The van der Waals surface area contributed by atoms with E-state index in [0.29, 0.717) is 11.1 Å². The maximum atomic E-state index is 13.7. The second kappa shape index (κ2) is 11.5. The molecule has 0 aromatic heterocycles. The summed E-state index contributed by atoms with van der Waals surface area (Å²) in [5, 5.41) is 3.73. The molecule has 13 heteroatoms. The molecule has 2 aromatic rings. The molecule has 202 valence electrons. The molecule has 2 amide bonds. The first-order valence-electron chi connectivity index (χ1n) is 10.5. The van der Waals surface area contributed by atoms with Crippen molar-refractivity contribution in [1.29, 1.82) is 0 Å². The minimum Gasteiger partial charge on any atom is -0.345 e. The fourth-order valence-corrected chi connectivity index (χ4v) is 3.84. The summed E-state index contributed by atoms with van der Waals surface area (Å²) in [7, 11) is 0. The highest BCUT2D eigenvalue weighted by Crippen LogP contribution is 2.41. The molecule has 0 saturated carbocycles. The highest BCUT2D eigenvalue weighted by Gasteiger charge is 2.39. The number of halogens is 9. The Morgan fingerprint density at radius 3 is 2.03 bits per heavy atom. The Morgan fingerprint density at radius 1 is 0.973 bits per heavy atom. The van der Waals surface area contributed by atoms with Gasteiger partial charge in [0.25, 0.3) is 5.91 Å². The van der Waals surface area contributed by atoms with E-state index in [-0.39, 0.29) is 26.2 Å². The molecule has 0 aliphatic carbocycles. The van der Waals surface area contributed by atoms with Crippen molar-refractivity contribution >= 4 is 52.7 Å². The van der Waals surface area contributed by atoms with Crippen LogP contribution in [0, 0.1) is 6.92 Å². The second-order valence-electron chi connectivity index (χ2n) is 8.63. The number of carbonyl (C=O) groups excluding carboxylic acids is 2. The second-order valence-corrected chi connectivity index (χ2v) is 9.82. The largest absolute Gasteiger partial charge is 0.405 e. The number of nitrogens with one attached hydrogen (secondary N) is 2. The average molecular weight is 590 g/mol. The van der Waals surface area contributed by atoms with E-state index in [1.165, 1.54) is 45.0 Å². The summed E-state index contributed by atoms with van der Waals surface area (Å²) in [6.07, 6.45) is -7.19. The summed E-state index contributed by atoms with van der Waals surface area (Å²) >= 11 is 17.6. The van der Waals surface area contributed by atoms with Gasteiger partial charge in [-0.25, -0.2) is 0 Å². The molecule has 0 aliphatic heterocycles. The summed E-state index contributed by atoms with van der Waals surface area (Å²) in [5.74, 6) is -3.85.